The van der Waals surface area contributed by atoms with Crippen molar-refractivity contribution in [3.8, 4) is 11.1 Å². The predicted octanol–water partition coefficient (Wildman–Crippen LogP) is 11.4. The largest absolute Gasteiger partial charge is 0.0986 e. The van der Waals surface area contributed by atoms with Crippen LogP contribution in [0.3, 0.4) is 0 Å². The first-order chi connectivity index (χ1) is 18.8. The number of fused-ring (bicyclic) bond motifs is 1. The Bertz CT molecular complexity index is 1370. The third-order valence-corrected chi connectivity index (χ3v) is 10.3. The summed E-state index contributed by atoms with van der Waals surface area (Å²) < 4.78 is 0. The maximum atomic E-state index is 4.63. The van der Waals surface area contributed by atoms with Crippen LogP contribution in [0.4, 0.5) is 0 Å². The minimum absolute atomic E-state index is 0.287. The number of rotatable bonds is 6. The first kappa shape index (κ1) is 28.9. The summed E-state index contributed by atoms with van der Waals surface area (Å²) in [6.07, 6.45) is 17.0. The van der Waals surface area contributed by atoms with Crippen molar-refractivity contribution in [1.82, 2.24) is 0 Å². The Labute approximate surface area is 245 Å². The van der Waals surface area contributed by atoms with E-state index in [4.69, 9.17) is 0 Å². The number of aryl methyl sites for hydroxylation is 2. The second kappa shape index (κ2) is 11.0. The van der Waals surface area contributed by atoms with E-state index in [-0.39, 0.29) is 5.41 Å². The number of benzene rings is 2. The first-order valence-electron chi connectivity index (χ1n) is 15.8. The number of allylic oxidation sites excluding steroid dienone is 5. The zero-order valence-electron chi connectivity index (χ0n) is 26.4. The van der Waals surface area contributed by atoms with E-state index < -0.39 is 0 Å². The molecule has 0 heterocycles. The number of hydrogen-bond acceptors (Lipinski definition) is 0. The highest BCUT2D eigenvalue weighted by Crippen LogP contribution is 2.46. The van der Waals surface area contributed by atoms with Gasteiger partial charge in [-0.05, 0) is 114 Å². The monoisotopic (exact) mass is 532 g/mol. The fourth-order valence-corrected chi connectivity index (χ4v) is 7.88. The first-order valence-corrected chi connectivity index (χ1v) is 15.8. The Morgan fingerprint density at radius 1 is 0.975 bits per heavy atom. The van der Waals surface area contributed by atoms with Crippen molar-refractivity contribution in [3.05, 3.63) is 100 Å². The Balaban J connectivity index is 1.42. The molecule has 3 aliphatic carbocycles. The van der Waals surface area contributed by atoms with Gasteiger partial charge in [0.1, 0.15) is 0 Å². The Morgan fingerprint density at radius 2 is 1.75 bits per heavy atom. The quantitative estimate of drug-likeness (QED) is 0.325. The van der Waals surface area contributed by atoms with Crippen LogP contribution in [0.2, 0.25) is 0 Å². The lowest BCUT2D eigenvalue weighted by Crippen LogP contribution is -2.29. The summed E-state index contributed by atoms with van der Waals surface area (Å²) in [6.45, 7) is 25.7. The zero-order valence-corrected chi connectivity index (χ0v) is 26.4. The van der Waals surface area contributed by atoms with Crippen molar-refractivity contribution in [1.29, 1.82) is 0 Å². The average Bonchev–Trinajstić information content (AvgIpc) is 3.28. The predicted molar refractivity (Wildman–Crippen MR) is 176 cm³/mol. The molecule has 0 aromatic heterocycles. The second-order valence-corrected chi connectivity index (χ2v) is 15.2. The van der Waals surface area contributed by atoms with Crippen molar-refractivity contribution < 1.29 is 0 Å². The van der Waals surface area contributed by atoms with Crippen LogP contribution < -0.4 is 0 Å². The van der Waals surface area contributed by atoms with Crippen LogP contribution in [0.5, 0.6) is 0 Å². The lowest BCUT2D eigenvalue weighted by molar-refractivity contribution is 0.137. The van der Waals surface area contributed by atoms with Crippen LogP contribution in [0, 0.1) is 42.4 Å². The summed E-state index contributed by atoms with van der Waals surface area (Å²) in [5, 5.41) is 0. The van der Waals surface area contributed by atoms with E-state index >= 15 is 0 Å². The standard InChI is InChI=1S/C40H52/c1-26-19-28(3)36(24-33-14-10-11-18-40(33,8)9)38(20-26)34-15-12-13-31-21-30(23-37(31)34)22-35-27(2)16-17-32(29(35)4)25-39(5,6)7/h12-13,15-17,19-21,32-33,35H,2,4,10-11,14,18,22-25H2,1,3,5-9H3. The molecule has 3 atom stereocenters. The molecule has 0 N–H and O–H groups in total. The third kappa shape index (κ3) is 6.02. The van der Waals surface area contributed by atoms with E-state index in [2.05, 4.69) is 110 Å². The van der Waals surface area contributed by atoms with Crippen LogP contribution in [-0.4, -0.2) is 0 Å². The highest BCUT2D eigenvalue weighted by Gasteiger charge is 2.34. The van der Waals surface area contributed by atoms with Crippen LogP contribution in [0.1, 0.15) is 101 Å². The number of hydrogen-bond donors (Lipinski definition) is 0. The molecule has 40 heavy (non-hydrogen) atoms. The fraction of sp³-hybridized carbons (Fsp3) is 0.500. The lowest BCUT2D eigenvalue weighted by atomic mass is 9.66. The maximum Gasteiger partial charge on any atom is 0.00827 e. The molecule has 0 amide bonds. The Morgan fingerprint density at radius 3 is 2.48 bits per heavy atom. The normalized spacial score (nSPS) is 24.3. The van der Waals surface area contributed by atoms with Gasteiger partial charge in [-0.1, -0.05) is 126 Å². The highest BCUT2D eigenvalue weighted by molar-refractivity contribution is 5.80. The van der Waals surface area contributed by atoms with E-state index in [1.165, 1.54) is 82.2 Å². The van der Waals surface area contributed by atoms with Crippen molar-refractivity contribution in [2.75, 3.05) is 0 Å². The summed E-state index contributed by atoms with van der Waals surface area (Å²) in [4.78, 5) is 0. The fourth-order valence-electron chi connectivity index (χ4n) is 7.88. The molecule has 1 saturated carbocycles. The average molecular weight is 533 g/mol. The van der Waals surface area contributed by atoms with Gasteiger partial charge in [0, 0.05) is 5.92 Å². The van der Waals surface area contributed by atoms with Crippen molar-refractivity contribution >= 4 is 6.08 Å². The maximum absolute atomic E-state index is 4.63. The molecule has 3 unspecified atom stereocenters. The van der Waals surface area contributed by atoms with Gasteiger partial charge < -0.3 is 0 Å². The lowest BCUT2D eigenvalue weighted by Gasteiger charge is -2.39. The SMILES string of the molecule is C=C1C=CC(CC(C)(C)C)C(=C)C1CC1=Cc2cccc(-c3cc(C)cc(C)c3CC3CCCCC3(C)C)c2C1. The minimum atomic E-state index is 0.287. The van der Waals surface area contributed by atoms with Gasteiger partial charge >= 0.3 is 0 Å². The van der Waals surface area contributed by atoms with Gasteiger partial charge in [0.25, 0.3) is 0 Å². The molecule has 0 radical (unpaired) electrons. The van der Waals surface area contributed by atoms with Crippen LogP contribution >= 0.6 is 0 Å². The molecule has 0 saturated heterocycles. The smallest absolute Gasteiger partial charge is 0.00827 e. The summed E-state index contributed by atoms with van der Waals surface area (Å²) in [6, 6.07) is 11.9. The van der Waals surface area contributed by atoms with E-state index in [9.17, 15) is 0 Å². The summed E-state index contributed by atoms with van der Waals surface area (Å²) in [5.74, 6) is 1.54. The van der Waals surface area contributed by atoms with Gasteiger partial charge in [-0.25, -0.2) is 0 Å². The molecule has 0 heteroatoms. The summed E-state index contributed by atoms with van der Waals surface area (Å²) in [7, 11) is 0. The van der Waals surface area contributed by atoms with Gasteiger partial charge in [-0.2, -0.15) is 0 Å². The highest BCUT2D eigenvalue weighted by atomic mass is 14.4. The third-order valence-electron chi connectivity index (χ3n) is 10.3. The van der Waals surface area contributed by atoms with Crippen LogP contribution in [0.15, 0.2) is 72.4 Å². The van der Waals surface area contributed by atoms with Crippen LogP contribution in [0.25, 0.3) is 17.2 Å². The van der Waals surface area contributed by atoms with E-state index in [1.807, 2.05) is 0 Å². The molecule has 5 rings (SSSR count). The Hall–Kier alpha value is -2.60. The summed E-state index contributed by atoms with van der Waals surface area (Å²) in [5.41, 5.74) is 15.1. The zero-order chi connectivity index (χ0) is 28.8. The van der Waals surface area contributed by atoms with Crippen molar-refractivity contribution in [2.24, 2.45) is 28.6 Å². The molecular formula is C40H52. The van der Waals surface area contributed by atoms with Crippen molar-refractivity contribution in [2.45, 2.75) is 99.8 Å². The van der Waals surface area contributed by atoms with Gasteiger partial charge in [0.2, 0.25) is 0 Å². The van der Waals surface area contributed by atoms with Crippen LogP contribution in [-0.2, 0) is 12.8 Å². The van der Waals surface area contributed by atoms with Gasteiger partial charge in [-0.15, -0.1) is 0 Å². The molecule has 0 spiro atoms. The molecule has 1 fully saturated rings. The van der Waals surface area contributed by atoms with E-state index in [1.54, 1.807) is 5.56 Å². The Kier molecular flexibility index (Phi) is 7.95. The molecule has 2 aromatic carbocycles. The molecule has 0 aliphatic heterocycles. The van der Waals surface area contributed by atoms with Crippen molar-refractivity contribution in [3.63, 3.8) is 0 Å². The van der Waals surface area contributed by atoms with Gasteiger partial charge in [0.15, 0.2) is 0 Å². The van der Waals surface area contributed by atoms with E-state index in [0.717, 1.165) is 25.2 Å². The molecule has 2 aromatic rings. The molecule has 0 bridgehead atoms. The van der Waals surface area contributed by atoms with Gasteiger partial charge in [0.05, 0.1) is 0 Å². The molecule has 0 nitrogen and oxygen atoms in total. The van der Waals surface area contributed by atoms with E-state index in [0.29, 0.717) is 17.3 Å². The van der Waals surface area contributed by atoms with Gasteiger partial charge in [-0.3, -0.25) is 0 Å². The summed E-state index contributed by atoms with van der Waals surface area (Å²) >= 11 is 0. The minimum Gasteiger partial charge on any atom is -0.0986 e. The molecule has 3 aliphatic rings. The molecular weight excluding hydrogens is 480 g/mol. The topological polar surface area (TPSA) is 0 Å². The molecule has 212 valence electrons. The second-order valence-electron chi connectivity index (χ2n) is 15.2.